The molecule has 2 amide bonds. The lowest BCUT2D eigenvalue weighted by Gasteiger charge is -2.37. The molecule has 0 saturated heterocycles. The maximum Gasteiger partial charge on any atom is 0.430 e. The van der Waals surface area contributed by atoms with Gasteiger partial charge in [0.15, 0.2) is 5.82 Å². The van der Waals surface area contributed by atoms with Crippen molar-refractivity contribution in [3.63, 3.8) is 0 Å². The average Bonchev–Trinajstić information content (AvgIpc) is 3.45. The van der Waals surface area contributed by atoms with Gasteiger partial charge in [0.05, 0.1) is 16.6 Å². The number of halogens is 3. The Morgan fingerprint density at radius 3 is 2.30 bits per heavy atom. The number of benzene rings is 2. The van der Waals surface area contributed by atoms with Crippen LogP contribution in [-0.4, -0.2) is 60.9 Å². The van der Waals surface area contributed by atoms with Gasteiger partial charge in [0.1, 0.15) is 40.1 Å². The first-order chi connectivity index (χ1) is 21.4. The van der Waals surface area contributed by atoms with E-state index in [1.54, 1.807) is 53.7 Å². The van der Waals surface area contributed by atoms with E-state index in [2.05, 4.69) is 4.98 Å². The molecular formula is C31H34ClF2N3O7S2. The number of amides is 2. The number of nitrogens with zero attached hydrogens (tertiary/aromatic N) is 3. The van der Waals surface area contributed by atoms with Gasteiger partial charge < -0.3 is 14.2 Å². The van der Waals surface area contributed by atoms with Crippen molar-refractivity contribution < 1.29 is 41.0 Å². The predicted molar refractivity (Wildman–Crippen MR) is 171 cm³/mol. The Bertz CT molecular complexity index is 1720. The van der Waals surface area contributed by atoms with Crippen LogP contribution in [0, 0.1) is 11.6 Å². The van der Waals surface area contributed by atoms with Crippen LogP contribution in [0.15, 0.2) is 58.3 Å². The van der Waals surface area contributed by atoms with Crippen LogP contribution in [0.4, 0.5) is 24.2 Å². The number of aromatic nitrogens is 1. The minimum atomic E-state index is -4.91. The molecule has 0 aliphatic carbocycles. The number of sulfonamides is 1. The summed E-state index contributed by atoms with van der Waals surface area (Å²) >= 11 is 7.46. The molecule has 1 unspecified atom stereocenters. The molecule has 0 bridgehead atoms. The first-order valence-corrected chi connectivity index (χ1v) is 16.9. The lowest BCUT2D eigenvalue weighted by molar-refractivity contribution is 0.0162. The third kappa shape index (κ3) is 8.34. The Morgan fingerprint density at radius 2 is 1.72 bits per heavy atom. The summed E-state index contributed by atoms with van der Waals surface area (Å²) in [7, 11) is -4.91. The van der Waals surface area contributed by atoms with E-state index in [1.165, 1.54) is 27.9 Å². The summed E-state index contributed by atoms with van der Waals surface area (Å²) in [5.41, 5.74) is 0.722. The molecule has 2 aromatic carbocycles. The first-order valence-electron chi connectivity index (χ1n) is 14.1. The van der Waals surface area contributed by atoms with E-state index in [4.69, 9.17) is 25.8 Å². The highest BCUT2D eigenvalue weighted by molar-refractivity contribution is 7.93. The molecule has 0 fully saturated rings. The summed E-state index contributed by atoms with van der Waals surface area (Å²) < 4.78 is 73.7. The van der Waals surface area contributed by atoms with Crippen molar-refractivity contribution in [3.8, 4) is 5.75 Å². The lowest BCUT2D eigenvalue weighted by Crippen LogP contribution is -2.48. The predicted octanol–water partition coefficient (Wildman–Crippen LogP) is 7.68. The molecule has 1 atom stereocenters. The molecule has 46 heavy (non-hydrogen) atoms. The van der Waals surface area contributed by atoms with Gasteiger partial charge in [-0.2, -0.15) is 0 Å². The second kappa shape index (κ2) is 13.5. The van der Waals surface area contributed by atoms with Crippen molar-refractivity contribution in [2.24, 2.45) is 0 Å². The second-order valence-corrected chi connectivity index (χ2v) is 15.1. The number of carbonyl (C=O) groups excluding carboxylic acids is 2. The van der Waals surface area contributed by atoms with E-state index in [1.807, 2.05) is 6.08 Å². The van der Waals surface area contributed by atoms with Crippen LogP contribution in [0.5, 0.6) is 5.75 Å². The van der Waals surface area contributed by atoms with E-state index < -0.39 is 56.0 Å². The number of anilines is 1. The monoisotopic (exact) mass is 697 g/mol. The van der Waals surface area contributed by atoms with E-state index >= 15 is 4.39 Å². The lowest BCUT2D eigenvalue weighted by atomic mass is 9.93. The quantitative estimate of drug-likeness (QED) is 0.247. The van der Waals surface area contributed by atoms with Crippen LogP contribution < -0.4 is 9.04 Å². The molecule has 1 aliphatic heterocycles. The summed E-state index contributed by atoms with van der Waals surface area (Å²) in [4.78, 5) is 30.7. The minimum Gasteiger partial charge on any atom is -0.489 e. The minimum absolute atomic E-state index is 0.219. The van der Waals surface area contributed by atoms with Crippen LogP contribution >= 0.6 is 22.9 Å². The van der Waals surface area contributed by atoms with E-state index in [0.29, 0.717) is 17.6 Å². The standard InChI is InChI=1S/C31H34ClF2N3O7S2/c1-30(2,3)43-28(38)36-13-7-8-21(19-9-11-20(33)12-10-19)24(36)16-42-25-15-23(34)26(14-22(25)32)46(40,41)37(27-17-45-18-35-27)29(39)44-31(4,5)6/h8-12,14-15,17-18,24H,7,13,16H2,1-6H3. The molecule has 2 heterocycles. The topological polar surface area (TPSA) is 115 Å². The Balaban J connectivity index is 1.67. The normalized spacial score (nSPS) is 15.6. The van der Waals surface area contributed by atoms with Crippen LogP contribution in [0.1, 0.15) is 53.5 Å². The highest BCUT2D eigenvalue weighted by Crippen LogP contribution is 2.35. The Morgan fingerprint density at radius 1 is 1.07 bits per heavy atom. The fraction of sp³-hybridized carbons (Fsp3) is 0.387. The largest absolute Gasteiger partial charge is 0.489 e. The van der Waals surface area contributed by atoms with Crippen LogP contribution in [0.3, 0.4) is 0 Å². The Labute approximate surface area is 275 Å². The van der Waals surface area contributed by atoms with E-state index in [-0.39, 0.29) is 34.0 Å². The molecule has 1 aromatic heterocycles. The maximum absolute atomic E-state index is 15.6. The van der Waals surface area contributed by atoms with Crippen molar-refractivity contribution in [1.29, 1.82) is 0 Å². The van der Waals surface area contributed by atoms with Gasteiger partial charge in [-0.25, -0.2) is 31.8 Å². The molecule has 0 radical (unpaired) electrons. The fourth-order valence-corrected chi connectivity index (χ4v) is 6.72. The van der Waals surface area contributed by atoms with Gasteiger partial charge in [-0.3, -0.25) is 4.90 Å². The van der Waals surface area contributed by atoms with Gasteiger partial charge in [-0.05, 0) is 77.3 Å². The van der Waals surface area contributed by atoms with E-state index in [9.17, 15) is 22.4 Å². The Kier molecular flexibility index (Phi) is 10.3. The number of hydrogen-bond acceptors (Lipinski definition) is 9. The molecule has 0 saturated carbocycles. The summed E-state index contributed by atoms with van der Waals surface area (Å²) in [6, 6.07) is 6.56. The molecule has 4 rings (SSSR count). The number of rotatable bonds is 7. The zero-order valence-corrected chi connectivity index (χ0v) is 28.4. The Hall–Kier alpha value is -3.75. The average molecular weight is 698 g/mol. The molecule has 1 aliphatic rings. The SMILES string of the molecule is CC(C)(C)OC(=O)N1CCC=C(c2ccc(F)cc2)C1COc1cc(F)c(S(=O)(=O)N(C(=O)OC(C)(C)C)c2cscn2)cc1Cl. The summed E-state index contributed by atoms with van der Waals surface area (Å²) in [6.45, 7) is 9.88. The highest BCUT2D eigenvalue weighted by atomic mass is 35.5. The van der Waals surface area contributed by atoms with Gasteiger partial charge in [-0.15, -0.1) is 15.6 Å². The number of thiazole rings is 1. The third-order valence-corrected chi connectivity index (χ3v) is 8.92. The van der Waals surface area contributed by atoms with Crippen molar-refractivity contribution in [2.75, 3.05) is 17.5 Å². The molecule has 10 nitrogen and oxygen atoms in total. The van der Waals surface area contributed by atoms with Gasteiger partial charge in [-0.1, -0.05) is 29.8 Å². The fourth-order valence-electron chi connectivity index (χ4n) is 4.50. The molecule has 0 spiro atoms. The summed E-state index contributed by atoms with van der Waals surface area (Å²) in [5, 5.41) is 1.01. The molecular weight excluding hydrogens is 664 g/mol. The summed E-state index contributed by atoms with van der Waals surface area (Å²) in [6.07, 6.45) is 0.479. The van der Waals surface area contributed by atoms with Gasteiger partial charge >= 0.3 is 12.2 Å². The summed E-state index contributed by atoms with van der Waals surface area (Å²) in [5.74, 6) is -2.20. The molecule has 248 valence electrons. The van der Waals surface area contributed by atoms with Crippen LogP contribution in [0.25, 0.3) is 5.57 Å². The second-order valence-electron chi connectivity index (χ2n) is 12.3. The van der Waals surface area contributed by atoms with Crippen LogP contribution in [-0.2, 0) is 19.5 Å². The number of carbonyl (C=O) groups is 2. The number of ether oxygens (including phenoxy) is 3. The van der Waals surface area contributed by atoms with Crippen molar-refractivity contribution in [1.82, 2.24) is 9.88 Å². The zero-order chi connectivity index (χ0) is 34.0. The van der Waals surface area contributed by atoms with Crippen LogP contribution in [0.2, 0.25) is 5.02 Å². The molecule has 0 N–H and O–H groups in total. The number of hydrogen-bond donors (Lipinski definition) is 0. The van der Waals surface area contributed by atoms with E-state index in [0.717, 1.165) is 23.5 Å². The maximum atomic E-state index is 15.6. The van der Waals surface area contributed by atoms with Gasteiger partial charge in [0.2, 0.25) is 0 Å². The highest BCUT2D eigenvalue weighted by Gasteiger charge is 2.39. The zero-order valence-electron chi connectivity index (χ0n) is 26.0. The molecule has 3 aromatic rings. The smallest absolute Gasteiger partial charge is 0.430 e. The third-order valence-electron chi connectivity index (χ3n) is 6.36. The first kappa shape index (κ1) is 35.1. The van der Waals surface area contributed by atoms with Gasteiger partial charge in [0, 0.05) is 18.0 Å². The van der Waals surface area contributed by atoms with Crippen molar-refractivity contribution >= 4 is 56.5 Å². The van der Waals surface area contributed by atoms with Crippen molar-refractivity contribution in [3.05, 3.63) is 75.6 Å². The van der Waals surface area contributed by atoms with Crippen molar-refractivity contribution in [2.45, 2.75) is 70.1 Å². The van der Waals surface area contributed by atoms with Gasteiger partial charge in [0.25, 0.3) is 10.0 Å². The molecule has 15 heteroatoms.